The fraction of sp³-hybridized carbons (Fsp3) is 0.273. The second-order valence-corrected chi connectivity index (χ2v) is 15.0. The molecule has 0 unspecified atom stereocenters. The van der Waals surface area contributed by atoms with Crippen molar-refractivity contribution in [1.29, 1.82) is 0 Å². The number of imidazole rings is 2. The van der Waals surface area contributed by atoms with Gasteiger partial charge in [-0.15, -0.1) is 0 Å². The van der Waals surface area contributed by atoms with Gasteiger partial charge in [0.25, 0.3) is 0 Å². The number of rotatable bonds is 14. The van der Waals surface area contributed by atoms with Crippen molar-refractivity contribution in [3.63, 3.8) is 0 Å². The Kier molecular flexibility index (Phi) is 11.0. The minimum atomic E-state index is 0.893. The van der Waals surface area contributed by atoms with Gasteiger partial charge in [-0.1, -0.05) is 133 Å². The van der Waals surface area contributed by atoms with E-state index >= 15 is 0 Å². The van der Waals surface area contributed by atoms with E-state index in [4.69, 9.17) is 9.97 Å². The summed E-state index contributed by atoms with van der Waals surface area (Å²) in [7, 11) is 0. The van der Waals surface area contributed by atoms with Gasteiger partial charge in [0.15, 0.2) is 0 Å². The molecular weight excluding hydrogens is 744 g/mol. The van der Waals surface area contributed by atoms with Crippen LogP contribution >= 0.6 is 31.9 Å². The third-order valence-corrected chi connectivity index (χ3v) is 11.0. The number of halogens is 2. The number of fused-ring (bicyclic) bond motifs is 2. The Bertz CT molecular complexity index is 2050. The highest BCUT2D eigenvalue weighted by Crippen LogP contribution is 2.41. The number of unbranched alkanes of at least 4 members (excludes halogenated alkanes) is 6. The van der Waals surface area contributed by atoms with Gasteiger partial charge in [0.05, 0.1) is 22.1 Å². The van der Waals surface area contributed by atoms with E-state index in [0.29, 0.717) is 0 Å². The predicted molar refractivity (Wildman–Crippen MR) is 218 cm³/mol. The molecule has 0 saturated heterocycles. The number of aryl methyl sites for hydroxylation is 2. The predicted octanol–water partition coefficient (Wildman–Crippen LogP) is 13.5. The maximum Gasteiger partial charge on any atom is 0.146 e. The highest BCUT2D eigenvalue weighted by atomic mass is 79.9. The number of hydrogen-bond donors (Lipinski definition) is 0. The van der Waals surface area contributed by atoms with E-state index in [2.05, 4.69) is 164 Å². The lowest BCUT2D eigenvalue weighted by Gasteiger charge is -2.15. The van der Waals surface area contributed by atoms with Crippen LogP contribution in [-0.2, 0) is 12.8 Å². The van der Waals surface area contributed by atoms with Gasteiger partial charge < -0.3 is 0 Å². The molecule has 0 aliphatic rings. The summed E-state index contributed by atoms with van der Waals surface area (Å²) in [5.41, 5.74) is 11.1. The first-order valence-corrected chi connectivity index (χ1v) is 19.8. The van der Waals surface area contributed by atoms with Gasteiger partial charge in [-0.2, -0.15) is 0 Å². The van der Waals surface area contributed by atoms with Crippen LogP contribution in [0.1, 0.15) is 76.3 Å². The molecule has 7 aromatic rings. The summed E-state index contributed by atoms with van der Waals surface area (Å²) in [6.07, 6.45) is 12.4. The van der Waals surface area contributed by atoms with Gasteiger partial charge in [0.1, 0.15) is 11.6 Å². The van der Waals surface area contributed by atoms with Crippen LogP contribution in [-0.4, -0.2) is 19.1 Å². The average Bonchev–Trinajstić information content (AvgIpc) is 3.72. The fourth-order valence-corrected chi connectivity index (χ4v) is 8.00. The van der Waals surface area contributed by atoms with Crippen LogP contribution < -0.4 is 0 Å². The van der Waals surface area contributed by atoms with Crippen molar-refractivity contribution < 1.29 is 0 Å². The van der Waals surface area contributed by atoms with Gasteiger partial charge in [-0.25, -0.2) is 9.97 Å². The van der Waals surface area contributed by atoms with Crippen LogP contribution in [0.4, 0.5) is 0 Å². The quantitative estimate of drug-likeness (QED) is 0.103. The normalized spacial score (nSPS) is 11.6. The van der Waals surface area contributed by atoms with Crippen LogP contribution in [0.25, 0.3) is 56.2 Å². The topological polar surface area (TPSA) is 35.6 Å². The molecule has 0 amide bonds. The molecule has 6 heteroatoms. The fourth-order valence-electron chi connectivity index (χ4n) is 6.96. The second kappa shape index (κ2) is 15.9. The van der Waals surface area contributed by atoms with Crippen LogP contribution in [0.3, 0.4) is 0 Å². The first-order chi connectivity index (χ1) is 24.6. The van der Waals surface area contributed by atoms with Crippen LogP contribution in [0.2, 0.25) is 0 Å². The largest absolute Gasteiger partial charge is 0.292 e. The minimum Gasteiger partial charge on any atom is -0.292 e. The lowest BCUT2D eigenvalue weighted by molar-refractivity contribution is 0.667. The Balaban J connectivity index is 1.27. The third-order valence-electron chi connectivity index (χ3n) is 9.69. The minimum absolute atomic E-state index is 0.893. The molecule has 0 bridgehead atoms. The average molecular weight is 789 g/mol. The van der Waals surface area contributed by atoms with Crippen LogP contribution in [0.5, 0.6) is 0 Å². The van der Waals surface area contributed by atoms with E-state index in [1.165, 1.54) is 62.5 Å². The zero-order valence-corrected chi connectivity index (χ0v) is 32.2. The maximum atomic E-state index is 5.19. The third kappa shape index (κ3) is 7.24. The monoisotopic (exact) mass is 786 g/mol. The maximum absolute atomic E-state index is 5.19. The molecular formula is C44H44Br2N4. The van der Waals surface area contributed by atoms with Crippen LogP contribution in [0, 0.1) is 0 Å². The van der Waals surface area contributed by atoms with Crippen molar-refractivity contribution in [3.8, 4) is 34.2 Å². The van der Waals surface area contributed by atoms with Gasteiger partial charge >= 0.3 is 0 Å². The Hall–Kier alpha value is -4.00. The number of hydrogen-bond acceptors (Lipinski definition) is 2. The zero-order chi connectivity index (χ0) is 34.5. The second-order valence-electron chi connectivity index (χ2n) is 13.3. The van der Waals surface area contributed by atoms with E-state index < -0.39 is 0 Å². The molecule has 0 N–H and O–H groups in total. The van der Waals surface area contributed by atoms with Gasteiger partial charge in [-0.3, -0.25) is 9.13 Å². The Labute approximate surface area is 312 Å². The highest BCUT2D eigenvalue weighted by molar-refractivity contribution is 9.11. The smallest absolute Gasteiger partial charge is 0.146 e. The molecule has 2 heterocycles. The first-order valence-electron chi connectivity index (χ1n) is 18.2. The van der Waals surface area contributed by atoms with Crippen molar-refractivity contribution >= 4 is 53.9 Å². The van der Waals surface area contributed by atoms with E-state index in [-0.39, 0.29) is 0 Å². The number of benzene rings is 5. The number of aromatic nitrogens is 4. The Morgan fingerprint density at radius 2 is 0.880 bits per heavy atom. The SMILES string of the molecule is CCCCCCc1ccc(-n2c(-c3cc(Br)c(-c4nc5ccccc5n4-c4ccc(CCCCCC)cc4)cc3Br)nc3ccccc32)cc1. The number of para-hydroxylation sites is 4. The molecule has 0 radical (unpaired) electrons. The molecule has 0 atom stereocenters. The summed E-state index contributed by atoms with van der Waals surface area (Å²) in [5.74, 6) is 1.79. The lowest BCUT2D eigenvalue weighted by Crippen LogP contribution is -2.01. The van der Waals surface area contributed by atoms with E-state index in [1.54, 1.807) is 0 Å². The summed E-state index contributed by atoms with van der Waals surface area (Å²) in [6.45, 7) is 4.52. The van der Waals surface area contributed by atoms with Gasteiger partial charge in [-0.05, 0) is 97.5 Å². The number of nitrogens with zero attached hydrogens (tertiary/aromatic N) is 4. The van der Waals surface area contributed by atoms with Crippen LogP contribution in [0.15, 0.2) is 118 Å². The van der Waals surface area contributed by atoms with Crippen molar-refractivity contribution in [2.24, 2.45) is 0 Å². The molecule has 5 aromatic carbocycles. The molecule has 254 valence electrons. The zero-order valence-electron chi connectivity index (χ0n) is 29.0. The molecule has 0 aliphatic heterocycles. The van der Waals surface area contributed by atoms with E-state index in [9.17, 15) is 0 Å². The van der Waals surface area contributed by atoms with Crippen molar-refractivity contribution in [2.75, 3.05) is 0 Å². The Morgan fingerprint density at radius 3 is 1.28 bits per heavy atom. The van der Waals surface area contributed by atoms with Gasteiger partial charge in [0.2, 0.25) is 0 Å². The standard InChI is InChI=1S/C44H44Br2N4/c1-3-5-7-9-15-31-21-25-33(26-22-31)49-41-19-13-11-17-39(41)47-43(49)35-29-38(46)36(30-37(35)45)44-48-40-18-12-14-20-42(40)50(44)34-27-23-32(24-28-34)16-10-8-6-4-2/h11-14,17-30H,3-10,15-16H2,1-2H3. The van der Waals surface area contributed by atoms with Gasteiger partial charge in [0, 0.05) is 31.4 Å². The summed E-state index contributed by atoms with van der Waals surface area (Å²) >= 11 is 7.98. The summed E-state index contributed by atoms with van der Waals surface area (Å²) in [5, 5.41) is 0. The van der Waals surface area contributed by atoms with Crippen molar-refractivity contribution in [1.82, 2.24) is 19.1 Å². The molecule has 4 nitrogen and oxygen atoms in total. The molecule has 7 rings (SSSR count). The summed E-state index contributed by atoms with van der Waals surface area (Å²) in [6, 6.07) is 39.2. The lowest BCUT2D eigenvalue weighted by atomic mass is 10.1. The Morgan fingerprint density at radius 1 is 0.480 bits per heavy atom. The molecule has 0 aliphatic carbocycles. The summed E-state index contributed by atoms with van der Waals surface area (Å²) in [4.78, 5) is 10.4. The first kappa shape index (κ1) is 34.4. The molecule has 0 fully saturated rings. The molecule has 0 saturated carbocycles. The molecule has 2 aromatic heterocycles. The highest BCUT2D eigenvalue weighted by Gasteiger charge is 2.22. The molecule has 50 heavy (non-hydrogen) atoms. The molecule has 0 spiro atoms. The van der Waals surface area contributed by atoms with Crippen molar-refractivity contribution in [3.05, 3.63) is 129 Å². The van der Waals surface area contributed by atoms with Crippen molar-refractivity contribution in [2.45, 2.75) is 78.1 Å². The summed E-state index contributed by atoms with van der Waals surface area (Å²) < 4.78 is 6.48. The van der Waals surface area contributed by atoms with E-state index in [0.717, 1.165) is 78.0 Å². The van der Waals surface area contributed by atoms with E-state index in [1.807, 2.05) is 0 Å².